The Morgan fingerprint density at radius 3 is 2.05 bits per heavy atom. The summed E-state index contributed by atoms with van der Waals surface area (Å²) in [6.45, 7) is 1.83. The minimum absolute atomic E-state index is 0.200. The van der Waals surface area contributed by atoms with Crippen molar-refractivity contribution in [2.24, 2.45) is 12.0 Å². The average Bonchev–Trinajstić information content (AvgIpc) is 3.18. The first-order chi connectivity index (χ1) is 18.8. The van der Waals surface area contributed by atoms with Gasteiger partial charge in [-0.05, 0) is 55.0 Å². The summed E-state index contributed by atoms with van der Waals surface area (Å²) in [6.07, 6.45) is 1.56. The summed E-state index contributed by atoms with van der Waals surface area (Å²) in [5.74, 6) is 0.883. The molecule has 39 heavy (non-hydrogen) atoms. The molecular weight excluding hydrogens is 502 g/mol. The second kappa shape index (κ2) is 11.6. The zero-order chi connectivity index (χ0) is 28.1. The monoisotopic (exact) mass is 531 g/mol. The molecule has 0 bridgehead atoms. The Kier molecular flexibility index (Phi) is 8.04. The van der Waals surface area contributed by atoms with Gasteiger partial charge in [-0.1, -0.05) is 18.2 Å². The number of methoxy groups -OCH3 is 4. The molecule has 4 aromatic rings. The number of hydrogen-bond donors (Lipinski definition) is 0. The summed E-state index contributed by atoms with van der Waals surface area (Å²) in [6, 6.07) is 17.3. The number of hydrogen-bond acceptors (Lipinski definition) is 8. The Labute approximate surface area is 225 Å². The van der Waals surface area contributed by atoms with Crippen molar-refractivity contribution in [2.45, 2.75) is 6.92 Å². The third-order valence-electron chi connectivity index (χ3n) is 6.16. The van der Waals surface area contributed by atoms with Crippen LogP contribution < -0.4 is 29.2 Å². The van der Waals surface area contributed by atoms with E-state index in [1.165, 1.54) is 40.6 Å². The van der Waals surface area contributed by atoms with E-state index in [4.69, 9.17) is 23.7 Å². The van der Waals surface area contributed by atoms with Gasteiger partial charge in [0.25, 0.3) is 5.56 Å². The van der Waals surface area contributed by atoms with Gasteiger partial charge in [0, 0.05) is 13.3 Å². The van der Waals surface area contributed by atoms with Gasteiger partial charge in [0.05, 0.1) is 45.4 Å². The molecule has 3 aromatic carbocycles. The maximum absolute atomic E-state index is 13.1. The predicted octanol–water partition coefficient (Wildman–Crippen LogP) is 4.49. The molecule has 0 spiro atoms. The lowest BCUT2D eigenvalue weighted by molar-refractivity contribution is 0.0728. The van der Waals surface area contributed by atoms with Crippen molar-refractivity contribution in [3.05, 3.63) is 87.8 Å². The van der Waals surface area contributed by atoms with E-state index < -0.39 is 5.97 Å². The predicted molar refractivity (Wildman–Crippen MR) is 147 cm³/mol. The maximum atomic E-state index is 13.1. The zero-order valence-electron chi connectivity index (χ0n) is 22.6. The fourth-order valence-electron chi connectivity index (χ4n) is 4.05. The molecule has 10 nitrogen and oxygen atoms in total. The molecule has 4 rings (SSSR count). The lowest BCUT2D eigenvalue weighted by atomic mass is 10.1. The molecule has 0 fully saturated rings. The molecule has 0 aliphatic carbocycles. The Balaban J connectivity index is 1.60. The molecule has 0 saturated carbocycles. The van der Waals surface area contributed by atoms with Gasteiger partial charge >= 0.3 is 5.97 Å². The van der Waals surface area contributed by atoms with Crippen LogP contribution in [0.2, 0.25) is 0 Å². The molecule has 0 saturated heterocycles. The largest absolute Gasteiger partial charge is 0.493 e. The van der Waals surface area contributed by atoms with Crippen LogP contribution in [0.15, 0.2) is 70.5 Å². The number of aromatic nitrogens is 2. The van der Waals surface area contributed by atoms with Crippen LogP contribution in [-0.2, 0) is 7.05 Å². The van der Waals surface area contributed by atoms with Crippen molar-refractivity contribution in [1.29, 1.82) is 0 Å². The average molecular weight is 532 g/mol. The van der Waals surface area contributed by atoms with Crippen LogP contribution in [0.4, 0.5) is 5.69 Å². The minimum atomic E-state index is -0.643. The standard InChI is InChI=1S/C29H29N3O7/c1-18-26(28(33)32(31(18)2)21-10-8-7-9-11-21)30-17-19-12-13-22(23(14-19)35-3)39-29(34)20-15-24(36-4)27(38-6)25(16-20)37-5/h7-17H,1-6H3. The van der Waals surface area contributed by atoms with Crippen molar-refractivity contribution in [2.75, 3.05) is 28.4 Å². The summed E-state index contributed by atoms with van der Waals surface area (Å²) in [5.41, 5.74) is 2.38. The maximum Gasteiger partial charge on any atom is 0.343 e. The molecule has 0 aliphatic rings. The highest BCUT2D eigenvalue weighted by Crippen LogP contribution is 2.39. The molecule has 0 amide bonds. The van der Waals surface area contributed by atoms with Gasteiger partial charge in [0.1, 0.15) is 0 Å². The van der Waals surface area contributed by atoms with Crippen molar-refractivity contribution in [1.82, 2.24) is 9.36 Å². The van der Waals surface area contributed by atoms with Gasteiger partial charge in [0.15, 0.2) is 28.7 Å². The number of rotatable bonds is 9. The van der Waals surface area contributed by atoms with Crippen molar-refractivity contribution in [3.63, 3.8) is 0 Å². The summed E-state index contributed by atoms with van der Waals surface area (Å²) in [5, 5.41) is 0. The van der Waals surface area contributed by atoms with Crippen molar-refractivity contribution in [3.8, 4) is 34.4 Å². The lowest BCUT2D eigenvalue weighted by Gasteiger charge is -2.14. The van der Waals surface area contributed by atoms with Gasteiger partial charge in [-0.25, -0.2) is 14.5 Å². The van der Waals surface area contributed by atoms with E-state index in [0.717, 1.165) is 5.69 Å². The number of nitrogens with zero attached hydrogens (tertiary/aromatic N) is 3. The van der Waals surface area contributed by atoms with Crippen LogP contribution in [0.1, 0.15) is 21.6 Å². The van der Waals surface area contributed by atoms with E-state index in [1.807, 2.05) is 44.3 Å². The fraction of sp³-hybridized carbons (Fsp3) is 0.207. The molecule has 0 atom stereocenters. The Hall–Kier alpha value is -4.99. The summed E-state index contributed by atoms with van der Waals surface area (Å²) >= 11 is 0. The quantitative estimate of drug-likeness (QED) is 0.178. The number of aliphatic imine (C=N–C) groups is 1. The first kappa shape index (κ1) is 27.1. The third-order valence-corrected chi connectivity index (χ3v) is 6.16. The molecule has 0 N–H and O–H groups in total. The third kappa shape index (κ3) is 5.35. The SMILES string of the molecule is COc1cc(C=Nc2c(C)n(C)n(-c3ccccc3)c2=O)ccc1OC(=O)c1cc(OC)c(OC)c(OC)c1. The number of esters is 1. The van der Waals surface area contributed by atoms with Crippen LogP contribution >= 0.6 is 0 Å². The Bertz CT molecular complexity index is 1560. The molecule has 1 heterocycles. The first-order valence-electron chi connectivity index (χ1n) is 11.9. The van der Waals surface area contributed by atoms with Crippen molar-refractivity contribution < 1.29 is 28.5 Å². The van der Waals surface area contributed by atoms with Gasteiger partial charge in [-0.15, -0.1) is 0 Å². The van der Waals surface area contributed by atoms with Crippen LogP contribution in [0.5, 0.6) is 28.7 Å². The van der Waals surface area contributed by atoms with Crippen LogP contribution in [0, 0.1) is 6.92 Å². The summed E-state index contributed by atoms with van der Waals surface area (Å²) in [7, 11) is 7.68. The highest BCUT2D eigenvalue weighted by atomic mass is 16.6. The van der Waals surface area contributed by atoms with Gasteiger partial charge < -0.3 is 23.7 Å². The second-order valence-corrected chi connectivity index (χ2v) is 8.38. The van der Waals surface area contributed by atoms with Crippen LogP contribution in [-0.4, -0.2) is 50.0 Å². The lowest BCUT2D eigenvalue weighted by Crippen LogP contribution is -2.19. The number of ether oxygens (including phenoxy) is 5. The van der Waals surface area contributed by atoms with Gasteiger partial charge in [-0.3, -0.25) is 9.48 Å². The summed E-state index contributed by atoms with van der Waals surface area (Å²) < 4.78 is 30.3. The van der Waals surface area contributed by atoms with E-state index in [1.54, 1.807) is 33.8 Å². The van der Waals surface area contributed by atoms with Crippen molar-refractivity contribution >= 4 is 17.9 Å². The second-order valence-electron chi connectivity index (χ2n) is 8.38. The van der Waals surface area contributed by atoms with Crippen LogP contribution in [0.25, 0.3) is 5.69 Å². The number of benzene rings is 3. The smallest absolute Gasteiger partial charge is 0.343 e. The minimum Gasteiger partial charge on any atom is -0.493 e. The van der Waals surface area contributed by atoms with E-state index in [-0.39, 0.29) is 16.9 Å². The molecule has 10 heteroatoms. The van der Waals surface area contributed by atoms with Gasteiger partial charge in [0.2, 0.25) is 5.75 Å². The zero-order valence-corrected chi connectivity index (χ0v) is 22.6. The number of carbonyl (C=O) groups is 1. The van der Waals surface area contributed by atoms with E-state index in [0.29, 0.717) is 39.9 Å². The first-order valence-corrected chi connectivity index (χ1v) is 11.9. The van der Waals surface area contributed by atoms with Crippen LogP contribution in [0.3, 0.4) is 0 Å². The topological polar surface area (TPSA) is 103 Å². The molecular formula is C29H29N3O7. The number of para-hydroxylation sites is 1. The molecule has 1 aromatic heterocycles. The summed E-state index contributed by atoms with van der Waals surface area (Å²) in [4.78, 5) is 30.5. The van der Waals surface area contributed by atoms with E-state index in [9.17, 15) is 9.59 Å². The molecule has 202 valence electrons. The van der Waals surface area contributed by atoms with E-state index in [2.05, 4.69) is 4.99 Å². The normalized spacial score (nSPS) is 10.9. The number of carbonyl (C=O) groups excluding carboxylic acids is 1. The highest BCUT2D eigenvalue weighted by Gasteiger charge is 2.20. The molecule has 0 radical (unpaired) electrons. The Morgan fingerprint density at radius 2 is 1.46 bits per heavy atom. The molecule has 0 aliphatic heterocycles. The fourth-order valence-corrected chi connectivity index (χ4v) is 4.05. The highest BCUT2D eigenvalue weighted by molar-refractivity contribution is 5.93. The molecule has 0 unspecified atom stereocenters. The van der Waals surface area contributed by atoms with Gasteiger partial charge in [-0.2, -0.15) is 0 Å². The Morgan fingerprint density at radius 1 is 0.821 bits per heavy atom. The van der Waals surface area contributed by atoms with E-state index >= 15 is 0 Å².